The number of rotatable bonds is 6. The monoisotopic (exact) mass is 377 g/mol. The third-order valence-electron chi connectivity index (χ3n) is 4.76. The third kappa shape index (κ3) is 3.37. The molecule has 2 saturated carbocycles. The fourth-order valence-corrected chi connectivity index (χ4v) is 4.85. The van der Waals surface area contributed by atoms with E-state index in [2.05, 4.69) is 9.97 Å². The maximum absolute atomic E-state index is 13.4. The van der Waals surface area contributed by atoms with Gasteiger partial charge in [0.1, 0.15) is 11.6 Å². The van der Waals surface area contributed by atoms with Crippen LogP contribution in [0.15, 0.2) is 35.4 Å². The first kappa shape index (κ1) is 16.8. The van der Waals surface area contributed by atoms with Gasteiger partial charge in [0, 0.05) is 29.7 Å². The molecule has 2 aliphatic carbocycles. The molecule has 0 aliphatic heterocycles. The van der Waals surface area contributed by atoms with Gasteiger partial charge in [0.25, 0.3) is 10.0 Å². The molecular formula is C18H20ClN3O2S. The molecule has 2 fully saturated rings. The number of hydrogen-bond donors (Lipinski definition) is 0. The van der Waals surface area contributed by atoms with E-state index in [0.717, 1.165) is 31.5 Å². The lowest BCUT2D eigenvalue weighted by Gasteiger charge is -2.24. The Hall–Kier alpha value is -1.66. The summed E-state index contributed by atoms with van der Waals surface area (Å²) >= 11 is 6.16. The van der Waals surface area contributed by atoms with Crippen molar-refractivity contribution < 1.29 is 8.42 Å². The average molecular weight is 378 g/mol. The van der Waals surface area contributed by atoms with Crippen molar-refractivity contribution in [2.75, 3.05) is 10.8 Å². The summed E-state index contributed by atoms with van der Waals surface area (Å²) in [6.07, 6.45) is 5.93. The second-order valence-electron chi connectivity index (χ2n) is 6.89. The normalized spacial score (nSPS) is 17.5. The molecule has 0 amide bonds. The van der Waals surface area contributed by atoms with E-state index in [0.29, 0.717) is 34.8 Å². The van der Waals surface area contributed by atoms with Gasteiger partial charge in [0.05, 0.1) is 4.90 Å². The van der Waals surface area contributed by atoms with E-state index in [1.165, 1.54) is 4.31 Å². The standard InChI is InChI=1S/C18H20ClN3O2S/c1-12-15(19)3-2-4-16(12)25(23,24)22(11-13-5-6-13)17-9-10-20-18(21-17)14-7-8-14/h2-4,9-10,13-14H,5-8,11H2,1H3. The van der Waals surface area contributed by atoms with Crippen molar-refractivity contribution in [1.82, 2.24) is 9.97 Å². The minimum Gasteiger partial charge on any atom is -0.249 e. The molecule has 4 rings (SSSR count). The summed E-state index contributed by atoms with van der Waals surface area (Å²) in [4.78, 5) is 9.12. The van der Waals surface area contributed by atoms with Gasteiger partial charge in [-0.1, -0.05) is 17.7 Å². The Bertz CT molecular complexity index is 908. The van der Waals surface area contributed by atoms with Gasteiger partial charge in [-0.05, 0) is 56.2 Å². The Morgan fingerprint density at radius 1 is 1.20 bits per heavy atom. The van der Waals surface area contributed by atoms with Crippen LogP contribution in [0.3, 0.4) is 0 Å². The van der Waals surface area contributed by atoms with Crippen molar-refractivity contribution >= 4 is 27.4 Å². The highest BCUT2D eigenvalue weighted by Gasteiger charge is 2.35. The van der Waals surface area contributed by atoms with E-state index in [-0.39, 0.29) is 4.90 Å². The van der Waals surface area contributed by atoms with Gasteiger partial charge in [-0.3, -0.25) is 0 Å². The molecule has 7 heteroatoms. The van der Waals surface area contributed by atoms with Crippen LogP contribution in [0.5, 0.6) is 0 Å². The second-order valence-corrected chi connectivity index (χ2v) is 9.13. The summed E-state index contributed by atoms with van der Waals surface area (Å²) in [6, 6.07) is 6.68. The molecule has 0 unspecified atom stereocenters. The van der Waals surface area contributed by atoms with Crippen LogP contribution in [0.4, 0.5) is 5.82 Å². The Labute approximate surface area is 153 Å². The Kier molecular flexibility index (Phi) is 4.20. The van der Waals surface area contributed by atoms with Crippen LogP contribution >= 0.6 is 11.6 Å². The van der Waals surface area contributed by atoms with Gasteiger partial charge in [-0.15, -0.1) is 0 Å². The lowest BCUT2D eigenvalue weighted by Crippen LogP contribution is -2.34. The summed E-state index contributed by atoms with van der Waals surface area (Å²) < 4.78 is 28.2. The summed E-state index contributed by atoms with van der Waals surface area (Å²) in [6.45, 7) is 2.19. The molecule has 5 nitrogen and oxygen atoms in total. The zero-order valence-corrected chi connectivity index (χ0v) is 15.6. The van der Waals surface area contributed by atoms with E-state index in [4.69, 9.17) is 11.6 Å². The molecule has 132 valence electrons. The fraction of sp³-hybridized carbons (Fsp3) is 0.444. The zero-order valence-electron chi connectivity index (χ0n) is 14.0. The first-order valence-electron chi connectivity index (χ1n) is 8.57. The van der Waals surface area contributed by atoms with Gasteiger partial charge in [0.2, 0.25) is 0 Å². The molecule has 0 atom stereocenters. The second kappa shape index (κ2) is 6.25. The number of anilines is 1. The molecule has 0 radical (unpaired) electrons. The lowest BCUT2D eigenvalue weighted by molar-refractivity contribution is 0.586. The van der Waals surface area contributed by atoms with Gasteiger partial charge in [0.15, 0.2) is 0 Å². The lowest BCUT2D eigenvalue weighted by atomic mass is 10.2. The van der Waals surface area contributed by atoms with E-state index in [9.17, 15) is 8.42 Å². The highest BCUT2D eigenvalue weighted by molar-refractivity contribution is 7.92. The van der Waals surface area contributed by atoms with Crippen molar-refractivity contribution in [1.29, 1.82) is 0 Å². The van der Waals surface area contributed by atoms with Crippen LogP contribution in [0.25, 0.3) is 0 Å². The first-order valence-corrected chi connectivity index (χ1v) is 10.4. The van der Waals surface area contributed by atoms with Crippen LogP contribution in [-0.2, 0) is 10.0 Å². The zero-order chi connectivity index (χ0) is 17.6. The fourth-order valence-electron chi connectivity index (χ4n) is 2.88. The average Bonchev–Trinajstić information content (AvgIpc) is 3.48. The minimum atomic E-state index is -3.73. The summed E-state index contributed by atoms with van der Waals surface area (Å²) in [7, 11) is -3.73. The van der Waals surface area contributed by atoms with Gasteiger partial charge >= 0.3 is 0 Å². The van der Waals surface area contributed by atoms with Crippen LogP contribution in [0, 0.1) is 12.8 Å². The SMILES string of the molecule is Cc1c(Cl)cccc1S(=O)(=O)N(CC1CC1)c1ccnc(C2CC2)n1. The van der Waals surface area contributed by atoms with Gasteiger partial charge in [-0.2, -0.15) is 0 Å². The number of benzene rings is 1. The maximum atomic E-state index is 13.4. The van der Waals surface area contributed by atoms with E-state index < -0.39 is 10.0 Å². The number of aromatic nitrogens is 2. The molecular weight excluding hydrogens is 358 g/mol. The van der Waals surface area contributed by atoms with Crippen LogP contribution in [-0.4, -0.2) is 24.9 Å². The number of sulfonamides is 1. The van der Waals surface area contributed by atoms with Crippen molar-refractivity contribution in [3.63, 3.8) is 0 Å². The van der Waals surface area contributed by atoms with Gasteiger partial charge < -0.3 is 0 Å². The molecule has 1 heterocycles. The number of halogens is 1. The maximum Gasteiger partial charge on any atom is 0.265 e. The highest BCUT2D eigenvalue weighted by Crippen LogP contribution is 2.39. The van der Waals surface area contributed by atoms with Crippen LogP contribution in [0.1, 0.15) is 43.0 Å². The third-order valence-corrected chi connectivity index (χ3v) is 7.09. The number of hydrogen-bond acceptors (Lipinski definition) is 4. The summed E-state index contributed by atoms with van der Waals surface area (Å²) in [5.74, 6) is 1.98. The topological polar surface area (TPSA) is 63.2 Å². The van der Waals surface area contributed by atoms with Crippen molar-refractivity contribution in [3.8, 4) is 0 Å². The molecule has 0 spiro atoms. The van der Waals surface area contributed by atoms with E-state index in [1.54, 1.807) is 37.4 Å². The quantitative estimate of drug-likeness (QED) is 0.765. The van der Waals surface area contributed by atoms with E-state index in [1.807, 2.05) is 0 Å². The van der Waals surface area contributed by atoms with Crippen LogP contribution in [0.2, 0.25) is 5.02 Å². The molecule has 1 aromatic heterocycles. The molecule has 0 N–H and O–H groups in total. The molecule has 1 aromatic carbocycles. The largest absolute Gasteiger partial charge is 0.265 e. The smallest absolute Gasteiger partial charge is 0.249 e. The van der Waals surface area contributed by atoms with Crippen molar-refractivity contribution in [2.45, 2.75) is 43.4 Å². The Morgan fingerprint density at radius 2 is 1.96 bits per heavy atom. The predicted molar refractivity (Wildman–Crippen MR) is 97.5 cm³/mol. The first-order chi connectivity index (χ1) is 12.0. The Balaban J connectivity index is 1.78. The predicted octanol–water partition coefficient (Wildman–Crippen LogP) is 3.92. The molecule has 25 heavy (non-hydrogen) atoms. The number of nitrogens with zero attached hydrogens (tertiary/aromatic N) is 3. The van der Waals surface area contributed by atoms with Crippen molar-refractivity contribution in [3.05, 3.63) is 46.9 Å². The summed E-state index contributed by atoms with van der Waals surface area (Å²) in [5.41, 5.74) is 0.571. The molecule has 2 aliphatic rings. The summed E-state index contributed by atoms with van der Waals surface area (Å²) in [5, 5.41) is 0.453. The molecule has 2 aromatic rings. The van der Waals surface area contributed by atoms with Gasteiger partial charge in [-0.25, -0.2) is 22.7 Å². The molecule has 0 bridgehead atoms. The van der Waals surface area contributed by atoms with E-state index >= 15 is 0 Å². The van der Waals surface area contributed by atoms with Crippen LogP contribution < -0.4 is 4.31 Å². The highest BCUT2D eigenvalue weighted by atomic mass is 35.5. The van der Waals surface area contributed by atoms with Crippen molar-refractivity contribution in [2.24, 2.45) is 5.92 Å². The Morgan fingerprint density at radius 3 is 2.64 bits per heavy atom. The molecule has 0 saturated heterocycles. The minimum absolute atomic E-state index is 0.243.